The highest BCUT2D eigenvalue weighted by molar-refractivity contribution is 9.10. The van der Waals surface area contributed by atoms with E-state index in [1.807, 2.05) is 25.1 Å². The molecule has 0 saturated heterocycles. The average Bonchev–Trinajstić information content (AvgIpc) is 2.59. The number of nitrogens with zero attached hydrogens (tertiary/aromatic N) is 1. The molecular weight excluding hydrogens is 380 g/mol. The fourth-order valence-corrected chi connectivity index (χ4v) is 2.74. The Kier molecular flexibility index (Phi) is 6.15. The molecule has 0 bridgehead atoms. The number of carbonyl (C=O) groups excluding carboxylic acids is 1. The number of halogens is 1. The highest BCUT2D eigenvalue weighted by Crippen LogP contribution is 2.31. The number of aryl methyl sites for hydroxylation is 1. The molecule has 0 aromatic heterocycles. The summed E-state index contributed by atoms with van der Waals surface area (Å²) in [7, 11) is 0. The van der Waals surface area contributed by atoms with Crippen LogP contribution in [0.15, 0.2) is 59.1 Å². The van der Waals surface area contributed by atoms with Crippen LogP contribution in [0, 0.1) is 18.3 Å². The Labute approximate surface area is 155 Å². The Morgan fingerprint density at radius 1 is 1.36 bits per heavy atom. The maximum Gasteiger partial charge on any atom is 0.266 e. The van der Waals surface area contributed by atoms with E-state index in [9.17, 15) is 15.2 Å². The van der Waals surface area contributed by atoms with Crippen LogP contribution in [0.3, 0.4) is 0 Å². The van der Waals surface area contributed by atoms with Gasteiger partial charge in [-0.25, -0.2) is 0 Å². The van der Waals surface area contributed by atoms with Crippen molar-refractivity contribution in [1.29, 1.82) is 5.26 Å². The molecule has 0 heterocycles. The third kappa shape index (κ3) is 4.82. The fourth-order valence-electron chi connectivity index (χ4n) is 2.22. The first-order valence-electron chi connectivity index (χ1n) is 7.56. The largest absolute Gasteiger partial charge is 0.506 e. The molecule has 0 spiro atoms. The van der Waals surface area contributed by atoms with E-state index in [2.05, 4.69) is 27.8 Å². The van der Waals surface area contributed by atoms with Gasteiger partial charge in [0.25, 0.3) is 5.91 Å². The predicted molar refractivity (Wildman–Crippen MR) is 103 cm³/mol. The molecule has 25 heavy (non-hydrogen) atoms. The summed E-state index contributed by atoms with van der Waals surface area (Å²) in [6.07, 6.45) is 3.63. The Bertz CT molecular complexity index is 878. The summed E-state index contributed by atoms with van der Waals surface area (Å²) in [4.78, 5) is 12.3. The van der Waals surface area contributed by atoms with Crippen LogP contribution in [0.4, 0.5) is 5.69 Å². The van der Waals surface area contributed by atoms with Gasteiger partial charge in [-0.3, -0.25) is 4.79 Å². The van der Waals surface area contributed by atoms with Gasteiger partial charge in [-0.1, -0.05) is 23.8 Å². The van der Waals surface area contributed by atoms with E-state index in [1.54, 1.807) is 30.3 Å². The Hall–Kier alpha value is -2.84. The fraction of sp³-hybridized carbons (Fsp3) is 0.100. The molecule has 0 aliphatic heterocycles. The Morgan fingerprint density at radius 3 is 2.64 bits per heavy atom. The van der Waals surface area contributed by atoms with Gasteiger partial charge in [0.05, 0.1) is 4.47 Å². The van der Waals surface area contributed by atoms with Crippen LogP contribution in [0.25, 0.3) is 6.08 Å². The van der Waals surface area contributed by atoms with Crippen LogP contribution in [-0.4, -0.2) is 11.0 Å². The lowest BCUT2D eigenvalue weighted by Crippen LogP contribution is -2.13. The van der Waals surface area contributed by atoms with Crippen molar-refractivity contribution >= 4 is 33.6 Å². The zero-order valence-electron chi connectivity index (χ0n) is 13.7. The molecule has 2 N–H and O–H groups in total. The number of nitriles is 1. The van der Waals surface area contributed by atoms with Gasteiger partial charge in [-0.05, 0) is 70.7 Å². The zero-order chi connectivity index (χ0) is 18.4. The summed E-state index contributed by atoms with van der Waals surface area (Å²) < 4.78 is 0.495. The number of nitrogens with one attached hydrogen (secondary N) is 1. The Balaban J connectivity index is 2.30. The molecule has 0 fully saturated rings. The van der Waals surface area contributed by atoms with Gasteiger partial charge in [-0.2, -0.15) is 5.26 Å². The summed E-state index contributed by atoms with van der Waals surface area (Å²) in [6, 6.07) is 12.6. The SMILES string of the molecule is C=CCc1cc(/C=C(/C#N)C(=O)Nc2ccc(C)cc2)cc(Br)c1O. The number of amides is 1. The Morgan fingerprint density at radius 2 is 2.04 bits per heavy atom. The molecule has 0 aliphatic carbocycles. The highest BCUT2D eigenvalue weighted by Gasteiger charge is 2.12. The van der Waals surface area contributed by atoms with Gasteiger partial charge < -0.3 is 10.4 Å². The van der Waals surface area contributed by atoms with E-state index in [1.165, 1.54) is 6.08 Å². The second kappa shape index (κ2) is 8.32. The molecule has 2 aromatic carbocycles. The van der Waals surface area contributed by atoms with E-state index in [-0.39, 0.29) is 11.3 Å². The topological polar surface area (TPSA) is 73.1 Å². The molecule has 0 radical (unpaired) electrons. The standard InChI is InChI=1S/C20H17BrN2O2/c1-3-4-15-9-14(11-18(21)19(15)24)10-16(12-22)20(25)23-17-7-5-13(2)6-8-17/h3,5-11,24H,1,4H2,2H3,(H,23,25)/b16-10-. The first-order chi connectivity index (χ1) is 11.9. The van der Waals surface area contributed by atoms with Crippen molar-refractivity contribution in [3.63, 3.8) is 0 Å². The number of phenols is 1. The molecule has 2 aromatic rings. The van der Waals surface area contributed by atoms with Crippen LogP contribution in [-0.2, 0) is 11.2 Å². The lowest BCUT2D eigenvalue weighted by atomic mass is 10.0. The van der Waals surface area contributed by atoms with Gasteiger partial charge >= 0.3 is 0 Å². The number of aromatic hydroxyl groups is 1. The van der Waals surface area contributed by atoms with E-state index in [4.69, 9.17) is 0 Å². The highest BCUT2D eigenvalue weighted by atomic mass is 79.9. The second-order valence-corrected chi connectivity index (χ2v) is 6.35. The summed E-state index contributed by atoms with van der Waals surface area (Å²) in [6.45, 7) is 5.61. The van der Waals surface area contributed by atoms with Gasteiger partial charge in [0.2, 0.25) is 0 Å². The lowest BCUT2D eigenvalue weighted by molar-refractivity contribution is -0.112. The van der Waals surface area contributed by atoms with Crippen molar-refractivity contribution in [2.75, 3.05) is 5.32 Å². The minimum Gasteiger partial charge on any atom is -0.506 e. The summed E-state index contributed by atoms with van der Waals surface area (Å²) in [5.74, 6) is -0.361. The van der Waals surface area contributed by atoms with Crippen LogP contribution < -0.4 is 5.32 Å². The molecule has 0 atom stereocenters. The number of rotatable bonds is 5. The first-order valence-corrected chi connectivity index (χ1v) is 8.36. The number of phenolic OH excluding ortho intramolecular Hbond substituents is 1. The molecule has 5 heteroatoms. The number of carbonyl (C=O) groups is 1. The van der Waals surface area contributed by atoms with Gasteiger partial charge in [0, 0.05) is 5.69 Å². The third-order valence-electron chi connectivity index (χ3n) is 3.51. The maximum atomic E-state index is 12.3. The van der Waals surface area contributed by atoms with Gasteiger partial charge in [-0.15, -0.1) is 6.58 Å². The molecule has 126 valence electrons. The van der Waals surface area contributed by atoms with Crippen molar-refractivity contribution in [2.24, 2.45) is 0 Å². The maximum absolute atomic E-state index is 12.3. The van der Waals surface area contributed by atoms with Crippen molar-refractivity contribution in [1.82, 2.24) is 0 Å². The van der Waals surface area contributed by atoms with Crippen molar-refractivity contribution in [2.45, 2.75) is 13.3 Å². The first kappa shape index (κ1) is 18.5. The van der Waals surface area contributed by atoms with Crippen LogP contribution >= 0.6 is 15.9 Å². The summed E-state index contributed by atoms with van der Waals surface area (Å²) in [5, 5.41) is 22.0. The van der Waals surface area contributed by atoms with E-state index < -0.39 is 5.91 Å². The third-order valence-corrected chi connectivity index (χ3v) is 4.12. The molecule has 0 saturated carbocycles. The molecular formula is C20H17BrN2O2. The minimum absolute atomic E-state index is 0.0253. The van der Waals surface area contributed by atoms with Crippen molar-refractivity contribution in [3.05, 3.63) is 75.8 Å². The number of anilines is 1. The van der Waals surface area contributed by atoms with Crippen molar-refractivity contribution < 1.29 is 9.90 Å². The second-order valence-electron chi connectivity index (χ2n) is 5.49. The number of hydrogen-bond donors (Lipinski definition) is 2. The number of allylic oxidation sites excluding steroid dienone is 1. The number of benzene rings is 2. The minimum atomic E-state index is -0.485. The lowest BCUT2D eigenvalue weighted by Gasteiger charge is -2.08. The molecule has 0 aliphatic rings. The summed E-state index contributed by atoms with van der Waals surface area (Å²) >= 11 is 3.28. The van der Waals surface area contributed by atoms with Crippen LogP contribution in [0.1, 0.15) is 16.7 Å². The molecule has 1 amide bonds. The van der Waals surface area contributed by atoms with E-state index in [0.717, 1.165) is 5.56 Å². The zero-order valence-corrected chi connectivity index (χ0v) is 15.3. The van der Waals surface area contributed by atoms with Gasteiger partial charge in [0.1, 0.15) is 17.4 Å². The quantitative estimate of drug-likeness (QED) is 0.435. The van der Waals surface area contributed by atoms with E-state index in [0.29, 0.717) is 27.7 Å². The van der Waals surface area contributed by atoms with Crippen LogP contribution in [0.2, 0.25) is 0 Å². The van der Waals surface area contributed by atoms with Crippen molar-refractivity contribution in [3.8, 4) is 11.8 Å². The predicted octanol–water partition coefficient (Wildman–Crippen LogP) is 4.74. The van der Waals surface area contributed by atoms with E-state index >= 15 is 0 Å². The number of hydrogen-bond acceptors (Lipinski definition) is 3. The average molecular weight is 397 g/mol. The molecule has 2 rings (SSSR count). The monoisotopic (exact) mass is 396 g/mol. The van der Waals surface area contributed by atoms with Gasteiger partial charge in [0.15, 0.2) is 0 Å². The van der Waals surface area contributed by atoms with Crippen LogP contribution in [0.5, 0.6) is 5.75 Å². The smallest absolute Gasteiger partial charge is 0.266 e. The normalized spacial score (nSPS) is 10.8. The molecule has 4 nitrogen and oxygen atoms in total. The molecule has 0 unspecified atom stereocenters. The summed E-state index contributed by atoms with van der Waals surface area (Å²) in [5.41, 5.74) is 2.97.